The topological polar surface area (TPSA) is 89.4 Å². The van der Waals surface area contributed by atoms with E-state index >= 15 is 0 Å². The summed E-state index contributed by atoms with van der Waals surface area (Å²) in [6.45, 7) is 5.29. The Kier molecular flexibility index (Phi) is 9.02. The van der Waals surface area contributed by atoms with Gasteiger partial charge in [-0.3, -0.25) is 23.8 Å². The molecule has 0 spiro atoms. The Hall–Kier alpha value is -4.29. The van der Waals surface area contributed by atoms with E-state index in [4.69, 9.17) is 5.73 Å². The summed E-state index contributed by atoms with van der Waals surface area (Å²) in [7, 11) is 0. The number of aromatic nitrogens is 3. The number of benzene rings is 2. The van der Waals surface area contributed by atoms with Crippen molar-refractivity contribution in [2.24, 2.45) is 5.73 Å². The third kappa shape index (κ3) is 6.46. The van der Waals surface area contributed by atoms with Crippen molar-refractivity contribution in [3.63, 3.8) is 0 Å². The van der Waals surface area contributed by atoms with E-state index in [1.807, 2.05) is 24.0 Å². The van der Waals surface area contributed by atoms with Gasteiger partial charge in [0.2, 0.25) is 0 Å². The van der Waals surface area contributed by atoms with E-state index in [1.54, 1.807) is 36.5 Å². The first-order chi connectivity index (χ1) is 21.0. The lowest BCUT2D eigenvalue weighted by atomic mass is 10.1. The normalized spacial score (nSPS) is 15.0. The van der Waals surface area contributed by atoms with Crippen molar-refractivity contribution in [2.45, 2.75) is 45.7 Å². The highest BCUT2D eigenvalue weighted by atomic mass is 19.4. The third-order valence-electron chi connectivity index (χ3n) is 8.20. The first-order valence-corrected chi connectivity index (χ1v) is 14.3. The summed E-state index contributed by atoms with van der Waals surface area (Å²) in [5, 5.41) is 0. The Morgan fingerprint density at radius 1 is 0.886 bits per heavy atom. The fourth-order valence-electron chi connectivity index (χ4n) is 5.70. The predicted molar refractivity (Wildman–Crippen MR) is 160 cm³/mol. The molecule has 5 rings (SSSR count). The fraction of sp³-hybridized carbons (Fsp3) is 0.344. The van der Waals surface area contributed by atoms with Crippen molar-refractivity contribution in [3.05, 3.63) is 127 Å². The van der Waals surface area contributed by atoms with Gasteiger partial charge in [0.15, 0.2) is 0 Å². The molecule has 2 N–H and O–H groups in total. The molecule has 8 nitrogen and oxygen atoms in total. The minimum absolute atomic E-state index is 0.164. The molecule has 44 heavy (non-hydrogen) atoms. The zero-order valence-electron chi connectivity index (χ0n) is 24.5. The van der Waals surface area contributed by atoms with Gasteiger partial charge in [-0.25, -0.2) is 9.18 Å². The maximum atomic E-state index is 14.9. The van der Waals surface area contributed by atoms with Gasteiger partial charge < -0.3 is 10.6 Å². The van der Waals surface area contributed by atoms with Crippen LogP contribution in [-0.4, -0.2) is 45.2 Å². The van der Waals surface area contributed by atoms with Crippen molar-refractivity contribution in [1.29, 1.82) is 0 Å². The van der Waals surface area contributed by atoms with E-state index in [0.717, 1.165) is 38.6 Å². The van der Waals surface area contributed by atoms with Crippen LogP contribution >= 0.6 is 0 Å². The average molecular weight is 611 g/mol. The molecular formula is C32H34F4N6O2. The molecule has 2 aromatic heterocycles. The molecular weight excluding hydrogens is 576 g/mol. The van der Waals surface area contributed by atoms with Gasteiger partial charge in [0, 0.05) is 61.9 Å². The van der Waals surface area contributed by atoms with E-state index in [0.29, 0.717) is 38.3 Å². The molecule has 0 saturated carbocycles. The summed E-state index contributed by atoms with van der Waals surface area (Å²) in [6.07, 6.45) is -3.10. The lowest BCUT2D eigenvalue weighted by Gasteiger charge is -2.37. The van der Waals surface area contributed by atoms with Gasteiger partial charge in [0.25, 0.3) is 5.56 Å². The van der Waals surface area contributed by atoms with Gasteiger partial charge in [-0.1, -0.05) is 42.5 Å². The molecule has 4 aromatic rings. The number of hydrogen-bond donors (Lipinski definition) is 1. The van der Waals surface area contributed by atoms with Crippen molar-refractivity contribution in [2.75, 3.05) is 31.1 Å². The monoisotopic (exact) mass is 610 g/mol. The second kappa shape index (κ2) is 12.7. The maximum Gasteiger partial charge on any atom is 0.416 e. The standard InChI is InChI=1S/C32H34F4N6O2/c1-21-24(10-7-13-38-21)18-39-14-16-40(17-15-39)29-22(2)41(19-25-26(32(34,35)36)11-6-12-27(25)33)31(44)42(30(29)43)20-28(37)23-8-4-3-5-9-23/h3-13,28H,14-20,37H2,1-2H3/t28-/m1/s1. The lowest BCUT2D eigenvalue weighted by Crippen LogP contribution is -2.51. The smallest absolute Gasteiger partial charge is 0.363 e. The zero-order valence-corrected chi connectivity index (χ0v) is 24.5. The quantitative estimate of drug-likeness (QED) is 0.300. The Labute approximate surface area is 252 Å². The van der Waals surface area contributed by atoms with E-state index < -0.39 is 47.0 Å². The number of hydrogen-bond acceptors (Lipinski definition) is 6. The van der Waals surface area contributed by atoms with E-state index in [-0.39, 0.29) is 17.9 Å². The van der Waals surface area contributed by atoms with E-state index in [1.165, 1.54) is 6.92 Å². The molecule has 1 aliphatic rings. The van der Waals surface area contributed by atoms with Crippen LogP contribution in [0.2, 0.25) is 0 Å². The van der Waals surface area contributed by atoms with Crippen LogP contribution in [0.3, 0.4) is 0 Å². The Morgan fingerprint density at radius 2 is 1.59 bits per heavy atom. The fourth-order valence-corrected chi connectivity index (χ4v) is 5.70. The van der Waals surface area contributed by atoms with Gasteiger partial charge in [-0.05, 0) is 43.2 Å². The number of anilines is 1. The molecule has 2 aromatic carbocycles. The average Bonchev–Trinajstić information content (AvgIpc) is 3.00. The van der Waals surface area contributed by atoms with Gasteiger partial charge in [-0.15, -0.1) is 0 Å². The highest BCUT2D eigenvalue weighted by Crippen LogP contribution is 2.33. The number of alkyl halides is 3. The second-order valence-corrected chi connectivity index (χ2v) is 11.0. The van der Waals surface area contributed by atoms with Crippen molar-refractivity contribution >= 4 is 5.69 Å². The van der Waals surface area contributed by atoms with Gasteiger partial charge >= 0.3 is 11.9 Å². The van der Waals surface area contributed by atoms with Crippen LogP contribution in [0.1, 0.15) is 39.7 Å². The Balaban J connectivity index is 1.54. The third-order valence-corrected chi connectivity index (χ3v) is 8.20. The lowest BCUT2D eigenvalue weighted by molar-refractivity contribution is -0.138. The summed E-state index contributed by atoms with van der Waals surface area (Å²) in [5.41, 5.74) is 6.16. The molecule has 0 radical (unpaired) electrons. The minimum Gasteiger partial charge on any atom is -0.363 e. The first-order valence-electron chi connectivity index (χ1n) is 14.3. The Bertz CT molecular complexity index is 1740. The van der Waals surface area contributed by atoms with Crippen LogP contribution in [0.4, 0.5) is 23.2 Å². The van der Waals surface area contributed by atoms with E-state index in [9.17, 15) is 27.2 Å². The van der Waals surface area contributed by atoms with Gasteiger partial charge in [0.05, 0.1) is 18.7 Å². The largest absolute Gasteiger partial charge is 0.416 e. The molecule has 12 heteroatoms. The number of aryl methyl sites for hydroxylation is 1. The highest BCUT2D eigenvalue weighted by Gasteiger charge is 2.35. The molecule has 0 unspecified atom stereocenters. The summed E-state index contributed by atoms with van der Waals surface area (Å²) >= 11 is 0. The molecule has 232 valence electrons. The summed E-state index contributed by atoms with van der Waals surface area (Å²) in [6, 6.07) is 14.7. The minimum atomic E-state index is -4.84. The molecule has 1 fully saturated rings. The number of rotatable bonds is 8. The van der Waals surface area contributed by atoms with Crippen LogP contribution < -0.4 is 21.9 Å². The summed E-state index contributed by atoms with van der Waals surface area (Å²) < 4.78 is 58.6. The number of nitrogens with zero attached hydrogens (tertiary/aromatic N) is 5. The molecule has 0 amide bonds. The predicted octanol–water partition coefficient (Wildman–Crippen LogP) is 4.25. The SMILES string of the molecule is Cc1ncccc1CN1CCN(c2c(C)n(Cc3c(F)cccc3C(F)(F)F)c(=O)n(C[C@@H](N)c3ccccc3)c2=O)CC1. The molecule has 0 aliphatic carbocycles. The first kappa shape index (κ1) is 31.1. The maximum absolute atomic E-state index is 14.9. The number of halogens is 4. The van der Waals surface area contributed by atoms with Crippen molar-refractivity contribution in [1.82, 2.24) is 19.0 Å². The molecule has 3 heterocycles. The number of piperazine rings is 1. The highest BCUT2D eigenvalue weighted by molar-refractivity contribution is 5.50. The summed E-state index contributed by atoms with van der Waals surface area (Å²) in [5.74, 6) is -1.09. The number of pyridine rings is 1. The molecule has 1 atom stereocenters. The second-order valence-electron chi connectivity index (χ2n) is 11.0. The Morgan fingerprint density at radius 3 is 2.25 bits per heavy atom. The van der Waals surface area contributed by atoms with Gasteiger partial charge in [0.1, 0.15) is 11.5 Å². The molecule has 0 bridgehead atoms. The van der Waals surface area contributed by atoms with Gasteiger partial charge in [-0.2, -0.15) is 13.2 Å². The zero-order chi connectivity index (χ0) is 31.6. The van der Waals surface area contributed by atoms with Crippen molar-refractivity contribution < 1.29 is 17.6 Å². The number of nitrogens with two attached hydrogens (primary N) is 1. The summed E-state index contributed by atoms with van der Waals surface area (Å²) in [4.78, 5) is 36.2. The van der Waals surface area contributed by atoms with Crippen molar-refractivity contribution in [3.8, 4) is 0 Å². The van der Waals surface area contributed by atoms with Crippen LogP contribution in [0.5, 0.6) is 0 Å². The van der Waals surface area contributed by atoms with Crippen LogP contribution in [0, 0.1) is 19.7 Å². The van der Waals surface area contributed by atoms with Crippen LogP contribution in [0.15, 0.2) is 76.4 Å². The molecule has 1 aliphatic heterocycles. The van der Waals surface area contributed by atoms with E-state index in [2.05, 4.69) is 9.88 Å². The van der Waals surface area contributed by atoms with Crippen LogP contribution in [0.25, 0.3) is 0 Å². The molecule has 1 saturated heterocycles. The van der Waals surface area contributed by atoms with Crippen LogP contribution in [-0.2, 0) is 25.8 Å².